The van der Waals surface area contributed by atoms with Crippen LogP contribution in [-0.2, 0) is 11.2 Å². The highest BCUT2D eigenvalue weighted by Crippen LogP contribution is 2.25. The predicted molar refractivity (Wildman–Crippen MR) is 106 cm³/mol. The molecule has 2 N–H and O–H groups in total. The van der Waals surface area contributed by atoms with Crippen LogP contribution in [0.5, 0.6) is 11.5 Å². The van der Waals surface area contributed by atoms with Gasteiger partial charge < -0.3 is 20.1 Å². The summed E-state index contributed by atoms with van der Waals surface area (Å²) >= 11 is 0. The molecule has 6 heteroatoms. The molecule has 0 unspecified atom stereocenters. The first-order valence-electron chi connectivity index (χ1n) is 8.65. The Morgan fingerprint density at radius 1 is 0.963 bits per heavy atom. The lowest BCUT2D eigenvalue weighted by Crippen LogP contribution is -2.40. The van der Waals surface area contributed by atoms with E-state index in [1.54, 1.807) is 56.7 Å². The lowest BCUT2D eigenvalue weighted by Gasteiger charge is -2.20. The van der Waals surface area contributed by atoms with Crippen molar-refractivity contribution in [2.75, 3.05) is 19.5 Å². The minimum atomic E-state index is -0.304. The number of anilines is 1. The van der Waals surface area contributed by atoms with Crippen molar-refractivity contribution in [3.63, 3.8) is 0 Å². The van der Waals surface area contributed by atoms with E-state index >= 15 is 0 Å². The van der Waals surface area contributed by atoms with Crippen LogP contribution in [-0.4, -0.2) is 31.6 Å². The second-order valence-corrected chi connectivity index (χ2v) is 7.18. The number of methoxy groups -OCH3 is 2. The van der Waals surface area contributed by atoms with Crippen molar-refractivity contribution in [2.45, 2.75) is 32.7 Å². The van der Waals surface area contributed by atoms with Gasteiger partial charge in [0.25, 0.3) is 5.91 Å². The van der Waals surface area contributed by atoms with Gasteiger partial charge in [-0.1, -0.05) is 6.07 Å². The van der Waals surface area contributed by atoms with Crippen LogP contribution < -0.4 is 20.1 Å². The summed E-state index contributed by atoms with van der Waals surface area (Å²) in [5, 5.41) is 5.73. The number of nitrogens with one attached hydrogen (secondary N) is 2. The zero-order chi connectivity index (χ0) is 20.0. The number of amides is 2. The predicted octanol–water partition coefficient (Wildman–Crippen LogP) is 3.41. The van der Waals surface area contributed by atoms with E-state index in [4.69, 9.17) is 9.47 Å². The van der Waals surface area contributed by atoms with Gasteiger partial charge in [0, 0.05) is 28.4 Å². The molecule has 0 aliphatic carbocycles. The van der Waals surface area contributed by atoms with E-state index in [0.29, 0.717) is 22.7 Å². The number of carbonyl (C=O) groups is 2. The number of rotatable bonds is 6. The Balaban J connectivity index is 2.01. The van der Waals surface area contributed by atoms with Crippen molar-refractivity contribution in [1.29, 1.82) is 0 Å². The minimum Gasteiger partial charge on any atom is -0.497 e. The molecule has 144 valence electrons. The van der Waals surface area contributed by atoms with Gasteiger partial charge in [-0.2, -0.15) is 0 Å². The summed E-state index contributed by atoms with van der Waals surface area (Å²) < 4.78 is 10.5. The van der Waals surface area contributed by atoms with Gasteiger partial charge in [0.1, 0.15) is 11.5 Å². The highest BCUT2D eigenvalue weighted by atomic mass is 16.5. The summed E-state index contributed by atoms with van der Waals surface area (Å²) in [6.07, 6.45) is 0.166. The molecule has 2 rings (SSSR count). The van der Waals surface area contributed by atoms with E-state index in [1.807, 2.05) is 20.8 Å². The van der Waals surface area contributed by atoms with Crippen molar-refractivity contribution in [3.05, 3.63) is 53.6 Å². The van der Waals surface area contributed by atoms with Gasteiger partial charge in [-0.3, -0.25) is 9.59 Å². The molecule has 0 fully saturated rings. The molecule has 27 heavy (non-hydrogen) atoms. The first-order chi connectivity index (χ1) is 12.7. The zero-order valence-electron chi connectivity index (χ0n) is 16.4. The third kappa shape index (κ3) is 6.02. The lowest BCUT2D eigenvalue weighted by molar-refractivity contribution is -0.115. The molecule has 0 atom stereocenters. The lowest BCUT2D eigenvalue weighted by atomic mass is 10.1. The molecule has 0 heterocycles. The molecule has 0 aliphatic rings. The topological polar surface area (TPSA) is 76.7 Å². The van der Waals surface area contributed by atoms with Crippen LogP contribution in [0.3, 0.4) is 0 Å². The summed E-state index contributed by atoms with van der Waals surface area (Å²) in [5.41, 5.74) is 1.62. The van der Waals surface area contributed by atoms with Gasteiger partial charge >= 0.3 is 0 Å². The van der Waals surface area contributed by atoms with E-state index in [-0.39, 0.29) is 23.8 Å². The first kappa shape index (κ1) is 20.3. The van der Waals surface area contributed by atoms with Crippen LogP contribution in [0.15, 0.2) is 42.5 Å². The van der Waals surface area contributed by atoms with E-state index in [9.17, 15) is 9.59 Å². The van der Waals surface area contributed by atoms with Gasteiger partial charge in [0.05, 0.1) is 20.6 Å². The van der Waals surface area contributed by atoms with E-state index < -0.39 is 0 Å². The van der Waals surface area contributed by atoms with E-state index in [1.165, 1.54) is 0 Å². The van der Waals surface area contributed by atoms with Crippen molar-refractivity contribution in [1.82, 2.24) is 5.32 Å². The second kappa shape index (κ2) is 8.58. The maximum absolute atomic E-state index is 12.3. The SMILES string of the molecule is COc1ccc(CC(=O)Nc2ccc(C(=O)NC(C)(C)C)cc2)c(OC)c1. The van der Waals surface area contributed by atoms with Crippen LogP contribution in [0.2, 0.25) is 0 Å². The summed E-state index contributed by atoms with van der Waals surface area (Å²) in [7, 11) is 3.13. The number of hydrogen-bond donors (Lipinski definition) is 2. The fraction of sp³-hybridized carbons (Fsp3) is 0.333. The van der Waals surface area contributed by atoms with Crippen LogP contribution in [0.25, 0.3) is 0 Å². The highest BCUT2D eigenvalue weighted by molar-refractivity contribution is 5.96. The highest BCUT2D eigenvalue weighted by Gasteiger charge is 2.15. The Morgan fingerprint density at radius 2 is 1.63 bits per heavy atom. The molecule has 0 aliphatic heterocycles. The van der Waals surface area contributed by atoms with Crippen LogP contribution in [0.1, 0.15) is 36.7 Å². The molecule has 2 aromatic rings. The monoisotopic (exact) mass is 370 g/mol. The maximum Gasteiger partial charge on any atom is 0.251 e. The van der Waals surface area contributed by atoms with Gasteiger partial charge in [-0.25, -0.2) is 0 Å². The average Bonchev–Trinajstić information content (AvgIpc) is 2.61. The molecule has 0 saturated carbocycles. The van der Waals surface area contributed by atoms with Gasteiger partial charge in [-0.05, 0) is 51.1 Å². The maximum atomic E-state index is 12.3. The van der Waals surface area contributed by atoms with Gasteiger partial charge in [0.15, 0.2) is 0 Å². The summed E-state index contributed by atoms with van der Waals surface area (Å²) in [5.74, 6) is 0.938. The van der Waals surface area contributed by atoms with Crippen molar-refractivity contribution in [3.8, 4) is 11.5 Å². The van der Waals surface area contributed by atoms with Crippen LogP contribution >= 0.6 is 0 Å². The molecule has 6 nitrogen and oxygen atoms in total. The summed E-state index contributed by atoms with van der Waals surface area (Å²) in [6, 6.07) is 12.1. The Kier molecular flexibility index (Phi) is 6.45. The average molecular weight is 370 g/mol. The quantitative estimate of drug-likeness (QED) is 0.817. The second-order valence-electron chi connectivity index (χ2n) is 7.18. The van der Waals surface area contributed by atoms with Crippen molar-refractivity contribution >= 4 is 17.5 Å². The standard InChI is InChI=1S/C21H26N2O4/c1-21(2,3)23-20(25)14-6-9-16(10-7-14)22-19(24)12-15-8-11-17(26-4)13-18(15)27-5/h6-11,13H,12H2,1-5H3,(H,22,24)(H,23,25). The van der Waals surface area contributed by atoms with Crippen molar-refractivity contribution in [2.24, 2.45) is 0 Å². The minimum absolute atomic E-state index is 0.150. The van der Waals surface area contributed by atoms with Crippen LogP contribution in [0.4, 0.5) is 5.69 Å². The van der Waals surface area contributed by atoms with Crippen molar-refractivity contribution < 1.29 is 19.1 Å². The fourth-order valence-corrected chi connectivity index (χ4v) is 2.49. The number of benzene rings is 2. The Bertz CT molecular complexity index is 808. The molecule has 0 spiro atoms. The molecule has 2 amide bonds. The fourth-order valence-electron chi connectivity index (χ4n) is 2.49. The Hall–Kier alpha value is -3.02. The summed E-state index contributed by atoms with van der Waals surface area (Å²) in [6.45, 7) is 5.77. The summed E-state index contributed by atoms with van der Waals surface area (Å²) in [4.78, 5) is 24.5. The molecule has 0 saturated heterocycles. The normalized spacial score (nSPS) is 10.9. The molecule has 0 radical (unpaired) electrons. The molecule has 2 aromatic carbocycles. The third-order valence-electron chi connectivity index (χ3n) is 3.76. The Morgan fingerprint density at radius 3 is 2.19 bits per heavy atom. The molecule has 0 bridgehead atoms. The smallest absolute Gasteiger partial charge is 0.251 e. The Labute approximate surface area is 159 Å². The van der Waals surface area contributed by atoms with E-state index in [2.05, 4.69) is 10.6 Å². The first-order valence-corrected chi connectivity index (χ1v) is 8.65. The zero-order valence-corrected chi connectivity index (χ0v) is 16.4. The molecule has 0 aromatic heterocycles. The van der Waals surface area contributed by atoms with E-state index in [0.717, 1.165) is 5.56 Å². The number of carbonyl (C=O) groups excluding carboxylic acids is 2. The third-order valence-corrected chi connectivity index (χ3v) is 3.76. The van der Waals surface area contributed by atoms with Gasteiger partial charge in [0.2, 0.25) is 5.91 Å². The molecular weight excluding hydrogens is 344 g/mol. The number of hydrogen-bond acceptors (Lipinski definition) is 4. The largest absolute Gasteiger partial charge is 0.497 e. The molecular formula is C21H26N2O4. The van der Waals surface area contributed by atoms with Gasteiger partial charge in [-0.15, -0.1) is 0 Å². The number of ether oxygens (including phenoxy) is 2. The van der Waals surface area contributed by atoms with Crippen LogP contribution in [0, 0.1) is 0 Å².